The van der Waals surface area contributed by atoms with Gasteiger partial charge in [-0.3, -0.25) is 9.05 Å². The van der Waals surface area contributed by atoms with Crippen molar-refractivity contribution in [2.75, 3.05) is 6.61 Å². The van der Waals surface area contributed by atoms with Gasteiger partial charge >= 0.3 is 7.82 Å². The van der Waals surface area contributed by atoms with Crippen molar-refractivity contribution < 1.29 is 18.5 Å². The van der Waals surface area contributed by atoms with Crippen molar-refractivity contribution in [2.24, 2.45) is 0 Å². The van der Waals surface area contributed by atoms with Gasteiger partial charge in [0, 0.05) is 0 Å². The first kappa shape index (κ1) is 23.1. The van der Waals surface area contributed by atoms with Crippen molar-refractivity contribution in [3.8, 4) is 0 Å². The number of phosphoric ester groups is 1. The molecule has 0 aliphatic rings. The summed E-state index contributed by atoms with van der Waals surface area (Å²) in [5.74, 6) is 0. The van der Waals surface area contributed by atoms with Crippen LogP contribution >= 0.6 is 7.82 Å². The summed E-state index contributed by atoms with van der Waals surface area (Å²) in [5, 5.41) is 0. The van der Waals surface area contributed by atoms with Gasteiger partial charge < -0.3 is 4.89 Å². The summed E-state index contributed by atoms with van der Waals surface area (Å²) in [6.07, 6.45) is 12.7. The Morgan fingerprint density at radius 1 is 1.21 bits per heavy atom. The van der Waals surface area contributed by atoms with Crippen LogP contribution in [0.2, 0.25) is 0 Å². The number of rotatable bonds is 11. The summed E-state index contributed by atoms with van der Waals surface area (Å²) in [5.41, 5.74) is 3.78. The fourth-order valence-corrected chi connectivity index (χ4v) is 2.85. The third-order valence-corrected chi connectivity index (χ3v) is 4.42. The SMILES string of the molecule is CCOP(=O)(O)OC(C)C/C=C(C)/C=C/C=C(\C)CCC=C(C)C. The zero-order valence-corrected chi connectivity index (χ0v) is 16.8. The fraction of sp³-hybridized carbons (Fsp3) is 0.579. The standard InChI is InChI=1S/C19H33O4P/c1-7-22-24(20,21)23-19(6)15-14-18(5)13-9-12-17(4)11-8-10-16(2)3/h9-10,12-14,19H,7-8,11,15H2,1-6H3,(H,20,21)/b13-9+,17-12+,18-14+. The van der Waals surface area contributed by atoms with Gasteiger partial charge in [0.25, 0.3) is 0 Å². The summed E-state index contributed by atoms with van der Waals surface area (Å²) in [7, 11) is -3.92. The Morgan fingerprint density at radius 3 is 2.46 bits per heavy atom. The van der Waals surface area contributed by atoms with Crippen LogP contribution in [0.5, 0.6) is 0 Å². The topological polar surface area (TPSA) is 55.8 Å². The van der Waals surface area contributed by atoms with Crippen LogP contribution in [0.3, 0.4) is 0 Å². The number of phosphoric acid groups is 1. The maximum Gasteiger partial charge on any atom is 0.472 e. The summed E-state index contributed by atoms with van der Waals surface area (Å²) < 4.78 is 21.2. The van der Waals surface area contributed by atoms with Crippen LogP contribution in [0.1, 0.15) is 60.8 Å². The smallest absolute Gasteiger partial charge is 0.302 e. The van der Waals surface area contributed by atoms with E-state index in [2.05, 4.69) is 37.4 Å². The van der Waals surface area contributed by atoms with E-state index in [0.29, 0.717) is 6.42 Å². The van der Waals surface area contributed by atoms with Gasteiger partial charge in [0.2, 0.25) is 0 Å². The molecule has 0 aromatic carbocycles. The molecule has 138 valence electrons. The molecule has 4 nitrogen and oxygen atoms in total. The quantitative estimate of drug-likeness (QED) is 0.275. The molecule has 0 aromatic heterocycles. The molecule has 0 rings (SSSR count). The number of hydrogen-bond acceptors (Lipinski definition) is 3. The highest BCUT2D eigenvalue weighted by molar-refractivity contribution is 7.47. The first-order chi connectivity index (χ1) is 11.2. The molecule has 5 heteroatoms. The summed E-state index contributed by atoms with van der Waals surface area (Å²) in [4.78, 5) is 9.42. The minimum absolute atomic E-state index is 0.150. The predicted molar refractivity (Wildman–Crippen MR) is 102 cm³/mol. The van der Waals surface area contributed by atoms with Crippen LogP contribution < -0.4 is 0 Å². The van der Waals surface area contributed by atoms with Gasteiger partial charge in [0.05, 0.1) is 12.7 Å². The Morgan fingerprint density at radius 2 is 1.88 bits per heavy atom. The highest BCUT2D eigenvalue weighted by atomic mass is 31.2. The molecule has 0 saturated heterocycles. The van der Waals surface area contributed by atoms with Crippen molar-refractivity contribution in [3.05, 3.63) is 47.1 Å². The van der Waals surface area contributed by atoms with Gasteiger partial charge in [0.15, 0.2) is 0 Å². The van der Waals surface area contributed by atoms with Crippen LogP contribution in [-0.4, -0.2) is 17.6 Å². The van der Waals surface area contributed by atoms with E-state index in [-0.39, 0.29) is 12.7 Å². The van der Waals surface area contributed by atoms with Crippen LogP contribution in [-0.2, 0) is 13.6 Å². The molecule has 0 heterocycles. The zero-order valence-electron chi connectivity index (χ0n) is 15.9. The second-order valence-electron chi connectivity index (χ2n) is 6.18. The Balaban J connectivity index is 4.34. The molecule has 0 spiro atoms. The minimum atomic E-state index is -3.92. The van der Waals surface area contributed by atoms with Crippen LogP contribution in [0.15, 0.2) is 47.1 Å². The maximum atomic E-state index is 11.5. The van der Waals surface area contributed by atoms with Gasteiger partial charge in [-0.15, -0.1) is 0 Å². The van der Waals surface area contributed by atoms with E-state index in [4.69, 9.17) is 4.52 Å². The van der Waals surface area contributed by atoms with Crippen molar-refractivity contribution in [1.82, 2.24) is 0 Å². The summed E-state index contributed by atoms with van der Waals surface area (Å²) >= 11 is 0. The predicted octanol–water partition coefficient (Wildman–Crippen LogP) is 6.11. The average molecular weight is 356 g/mol. The van der Waals surface area contributed by atoms with Gasteiger partial charge in [-0.25, -0.2) is 4.57 Å². The third-order valence-electron chi connectivity index (χ3n) is 3.21. The third kappa shape index (κ3) is 13.5. The monoisotopic (exact) mass is 356 g/mol. The fourth-order valence-electron chi connectivity index (χ4n) is 1.92. The lowest BCUT2D eigenvalue weighted by atomic mass is 10.1. The molecule has 2 atom stereocenters. The molecule has 0 radical (unpaired) electrons. The molecule has 0 aliphatic heterocycles. The van der Waals surface area contributed by atoms with E-state index in [1.54, 1.807) is 13.8 Å². The molecule has 0 aliphatic carbocycles. The molecule has 2 unspecified atom stereocenters. The first-order valence-electron chi connectivity index (χ1n) is 8.46. The molecule has 24 heavy (non-hydrogen) atoms. The largest absolute Gasteiger partial charge is 0.472 e. The van der Waals surface area contributed by atoms with Gasteiger partial charge in [0.1, 0.15) is 0 Å². The molecule has 1 N–H and O–H groups in total. The van der Waals surface area contributed by atoms with Crippen molar-refractivity contribution in [3.63, 3.8) is 0 Å². The highest BCUT2D eigenvalue weighted by Crippen LogP contribution is 2.44. The molecule has 0 fully saturated rings. The summed E-state index contributed by atoms with van der Waals surface area (Å²) in [6, 6.07) is 0. The van der Waals surface area contributed by atoms with E-state index in [0.717, 1.165) is 18.4 Å². The van der Waals surface area contributed by atoms with E-state index in [1.165, 1.54) is 11.1 Å². The molecular formula is C19H33O4P. The molecular weight excluding hydrogens is 323 g/mol. The molecule has 0 amide bonds. The molecule has 0 bridgehead atoms. The first-order valence-corrected chi connectivity index (χ1v) is 9.95. The van der Waals surface area contributed by atoms with E-state index >= 15 is 0 Å². The Labute approximate surface area is 147 Å². The average Bonchev–Trinajstić information content (AvgIpc) is 2.44. The van der Waals surface area contributed by atoms with Crippen molar-refractivity contribution in [1.29, 1.82) is 0 Å². The van der Waals surface area contributed by atoms with Crippen LogP contribution in [0.25, 0.3) is 0 Å². The number of allylic oxidation sites excluding steroid dienone is 7. The second-order valence-corrected chi connectivity index (χ2v) is 7.58. The van der Waals surface area contributed by atoms with E-state index < -0.39 is 7.82 Å². The van der Waals surface area contributed by atoms with Crippen LogP contribution in [0, 0.1) is 0 Å². The molecule has 0 saturated carbocycles. The molecule has 0 aromatic rings. The second kappa shape index (κ2) is 12.4. The highest BCUT2D eigenvalue weighted by Gasteiger charge is 2.22. The van der Waals surface area contributed by atoms with E-state index in [1.807, 2.05) is 25.2 Å². The minimum Gasteiger partial charge on any atom is -0.302 e. The Bertz CT molecular complexity index is 525. The summed E-state index contributed by atoms with van der Waals surface area (Å²) in [6.45, 7) is 11.9. The van der Waals surface area contributed by atoms with Crippen LogP contribution in [0.4, 0.5) is 0 Å². The zero-order chi connectivity index (χ0) is 18.6. The van der Waals surface area contributed by atoms with Crippen molar-refractivity contribution in [2.45, 2.75) is 66.9 Å². The normalized spacial score (nSPS) is 17.0. The van der Waals surface area contributed by atoms with Gasteiger partial charge in [-0.1, -0.05) is 47.1 Å². The Kier molecular flexibility index (Phi) is 12.0. The van der Waals surface area contributed by atoms with E-state index in [9.17, 15) is 9.46 Å². The van der Waals surface area contributed by atoms with Gasteiger partial charge in [-0.05, 0) is 60.8 Å². The lowest BCUT2D eigenvalue weighted by Crippen LogP contribution is -2.06. The lowest BCUT2D eigenvalue weighted by Gasteiger charge is -2.15. The van der Waals surface area contributed by atoms with Gasteiger partial charge in [-0.2, -0.15) is 0 Å². The lowest BCUT2D eigenvalue weighted by molar-refractivity contribution is 0.118. The van der Waals surface area contributed by atoms with Crippen molar-refractivity contribution >= 4 is 7.82 Å². The Hall–Kier alpha value is -0.930. The number of hydrogen-bond donors (Lipinski definition) is 1. The maximum absolute atomic E-state index is 11.5.